The van der Waals surface area contributed by atoms with Gasteiger partial charge in [0.25, 0.3) is 5.91 Å². The number of nitrogens with one attached hydrogen (secondary N) is 1. The van der Waals surface area contributed by atoms with Crippen molar-refractivity contribution in [2.24, 2.45) is 11.8 Å². The van der Waals surface area contributed by atoms with Crippen LogP contribution >= 0.6 is 11.8 Å². The topological polar surface area (TPSA) is 88.5 Å². The predicted molar refractivity (Wildman–Crippen MR) is 67.5 cm³/mol. The summed E-state index contributed by atoms with van der Waals surface area (Å²) in [5.41, 5.74) is 2.55. The molecule has 0 spiro atoms. The van der Waals surface area contributed by atoms with Crippen molar-refractivity contribution in [3.8, 4) is 0 Å². The summed E-state index contributed by atoms with van der Waals surface area (Å²) in [6, 6.07) is 1.70. The molecule has 1 atom stereocenters. The second kappa shape index (κ2) is 6.68. The van der Waals surface area contributed by atoms with Crippen LogP contribution in [0.4, 0.5) is 0 Å². The molecule has 4 N–H and O–H groups in total. The van der Waals surface area contributed by atoms with E-state index in [2.05, 4.69) is 5.43 Å². The molecular weight excluding hydrogens is 240 g/mol. The van der Waals surface area contributed by atoms with E-state index >= 15 is 0 Å². The van der Waals surface area contributed by atoms with E-state index in [1.165, 1.54) is 0 Å². The maximum absolute atomic E-state index is 11.3. The second-order valence-electron chi connectivity index (χ2n) is 3.96. The average molecular weight is 258 g/mol. The lowest BCUT2D eigenvalue weighted by atomic mass is 10.2. The molecule has 0 aliphatic heterocycles. The van der Waals surface area contributed by atoms with Gasteiger partial charge < -0.3 is 9.52 Å². The monoisotopic (exact) mass is 258 g/mol. The van der Waals surface area contributed by atoms with Gasteiger partial charge in [-0.05, 0) is 24.7 Å². The van der Waals surface area contributed by atoms with Gasteiger partial charge in [-0.1, -0.05) is 6.92 Å². The van der Waals surface area contributed by atoms with Crippen LogP contribution in [0.3, 0.4) is 0 Å². The summed E-state index contributed by atoms with van der Waals surface area (Å²) in [5.74, 6) is 7.85. The van der Waals surface area contributed by atoms with Gasteiger partial charge in [-0.3, -0.25) is 10.2 Å². The van der Waals surface area contributed by atoms with E-state index in [4.69, 9.17) is 15.4 Å². The Hall–Kier alpha value is -0.980. The van der Waals surface area contributed by atoms with Crippen LogP contribution in [0.25, 0.3) is 0 Å². The molecular formula is C11H18N2O3S. The van der Waals surface area contributed by atoms with Gasteiger partial charge in [0, 0.05) is 6.61 Å². The van der Waals surface area contributed by atoms with E-state index in [0.717, 1.165) is 11.5 Å². The van der Waals surface area contributed by atoms with Crippen molar-refractivity contribution in [1.29, 1.82) is 0 Å². The Bertz CT molecular complexity index is 379. The van der Waals surface area contributed by atoms with Gasteiger partial charge in [-0.25, -0.2) is 5.84 Å². The fraction of sp³-hybridized carbons (Fsp3) is 0.545. The number of nitrogens with two attached hydrogens (primary N) is 1. The highest BCUT2D eigenvalue weighted by Gasteiger charge is 2.13. The Labute approximate surface area is 105 Å². The number of nitrogen functional groups attached to an aromatic ring is 1. The summed E-state index contributed by atoms with van der Waals surface area (Å²) >= 11 is 1.66. The summed E-state index contributed by atoms with van der Waals surface area (Å²) in [4.78, 5) is 11.3. The van der Waals surface area contributed by atoms with Crippen LogP contribution in [0.5, 0.6) is 0 Å². The van der Waals surface area contributed by atoms with Gasteiger partial charge in [-0.15, -0.1) is 0 Å². The molecule has 0 radical (unpaired) electrons. The lowest BCUT2D eigenvalue weighted by molar-refractivity contribution is 0.0952. The highest BCUT2D eigenvalue weighted by atomic mass is 32.2. The summed E-state index contributed by atoms with van der Waals surface area (Å²) in [6.45, 7) is 3.90. The maximum Gasteiger partial charge on any atom is 0.268 e. The first-order valence-electron chi connectivity index (χ1n) is 5.37. The largest absolute Gasteiger partial charge is 0.465 e. The number of rotatable bonds is 6. The van der Waals surface area contributed by atoms with Crippen molar-refractivity contribution in [1.82, 2.24) is 5.43 Å². The Balaban J connectivity index is 2.53. The first-order valence-corrected chi connectivity index (χ1v) is 6.52. The molecule has 1 unspecified atom stereocenters. The van der Waals surface area contributed by atoms with E-state index in [1.54, 1.807) is 24.8 Å². The molecule has 1 heterocycles. The summed E-state index contributed by atoms with van der Waals surface area (Å²) in [5, 5.41) is 8.88. The third kappa shape index (κ3) is 4.07. The van der Waals surface area contributed by atoms with Gasteiger partial charge in [-0.2, -0.15) is 11.8 Å². The Kier molecular flexibility index (Phi) is 5.54. The number of hydrogen-bond donors (Lipinski definition) is 3. The molecule has 1 amide bonds. The zero-order valence-corrected chi connectivity index (χ0v) is 10.8. The third-order valence-corrected chi connectivity index (χ3v) is 3.60. The molecule has 0 aliphatic carbocycles. The number of furan rings is 1. The summed E-state index contributed by atoms with van der Waals surface area (Å²) in [7, 11) is 0. The Morgan fingerprint density at radius 3 is 3.00 bits per heavy atom. The SMILES string of the molecule is Cc1oc(CSCC(C)CO)cc1C(=O)NN. The van der Waals surface area contributed by atoms with E-state index in [1.807, 2.05) is 6.92 Å². The van der Waals surface area contributed by atoms with Crippen molar-refractivity contribution in [3.05, 3.63) is 23.2 Å². The highest BCUT2D eigenvalue weighted by Crippen LogP contribution is 2.20. The lowest BCUT2D eigenvalue weighted by Crippen LogP contribution is -2.30. The van der Waals surface area contributed by atoms with Crippen molar-refractivity contribution < 1.29 is 14.3 Å². The number of amides is 1. The molecule has 0 bridgehead atoms. The molecule has 6 heteroatoms. The average Bonchev–Trinajstić information content (AvgIpc) is 2.69. The van der Waals surface area contributed by atoms with Gasteiger partial charge >= 0.3 is 0 Å². The molecule has 1 rings (SSSR count). The van der Waals surface area contributed by atoms with Crippen LogP contribution in [0, 0.1) is 12.8 Å². The van der Waals surface area contributed by atoms with Gasteiger partial charge in [0.2, 0.25) is 0 Å². The number of hydrazine groups is 1. The number of thioether (sulfide) groups is 1. The van der Waals surface area contributed by atoms with Gasteiger partial charge in [0.1, 0.15) is 11.5 Å². The molecule has 17 heavy (non-hydrogen) atoms. The molecule has 0 saturated carbocycles. The smallest absolute Gasteiger partial charge is 0.268 e. The van der Waals surface area contributed by atoms with Crippen molar-refractivity contribution >= 4 is 17.7 Å². The normalized spacial score (nSPS) is 12.5. The maximum atomic E-state index is 11.3. The quantitative estimate of drug-likeness (QED) is 0.403. The molecule has 0 aromatic carbocycles. The Morgan fingerprint density at radius 1 is 1.71 bits per heavy atom. The fourth-order valence-corrected chi connectivity index (χ4v) is 2.30. The molecule has 0 aliphatic rings. The van der Waals surface area contributed by atoms with Crippen molar-refractivity contribution in [3.63, 3.8) is 0 Å². The fourth-order valence-electron chi connectivity index (χ4n) is 1.33. The second-order valence-corrected chi connectivity index (χ2v) is 4.99. The number of carbonyl (C=O) groups excluding carboxylic acids is 1. The van der Waals surface area contributed by atoms with E-state index in [0.29, 0.717) is 17.1 Å². The number of aliphatic hydroxyl groups excluding tert-OH is 1. The first-order chi connectivity index (χ1) is 8.08. The number of aryl methyl sites for hydroxylation is 1. The number of aliphatic hydroxyl groups is 1. The zero-order valence-electron chi connectivity index (χ0n) is 10.0. The molecule has 96 valence electrons. The number of carbonyl (C=O) groups is 1. The lowest BCUT2D eigenvalue weighted by Gasteiger charge is -2.05. The standard InChI is InChI=1S/C11H18N2O3S/c1-7(4-14)5-17-6-9-3-10(8(2)16-9)11(15)13-12/h3,7,14H,4-6,12H2,1-2H3,(H,13,15). The van der Waals surface area contributed by atoms with Crippen molar-refractivity contribution in [2.75, 3.05) is 12.4 Å². The minimum Gasteiger partial charge on any atom is -0.465 e. The third-order valence-electron chi connectivity index (χ3n) is 2.30. The van der Waals surface area contributed by atoms with E-state index < -0.39 is 0 Å². The molecule has 0 fully saturated rings. The minimum absolute atomic E-state index is 0.186. The van der Waals surface area contributed by atoms with Crippen LogP contribution in [-0.2, 0) is 5.75 Å². The zero-order chi connectivity index (χ0) is 12.8. The molecule has 1 aromatic heterocycles. The molecule has 0 saturated heterocycles. The molecule has 5 nitrogen and oxygen atoms in total. The van der Waals surface area contributed by atoms with Crippen molar-refractivity contribution in [2.45, 2.75) is 19.6 Å². The number of hydrogen-bond acceptors (Lipinski definition) is 5. The van der Waals surface area contributed by atoms with Crippen LogP contribution in [-0.4, -0.2) is 23.4 Å². The first kappa shape index (κ1) is 14.1. The minimum atomic E-state index is -0.341. The summed E-state index contributed by atoms with van der Waals surface area (Å²) < 4.78 is 5.45. The van der Waals surface area contributed by atoms with Gasteiger partial charge in [0.05, 0.1) is 11.3 Å². The van der Waals surface area contributed by atoms with Gasteiger partial charge in [0.15, 0.2) is 0 Å². The van der Waals surface area contributed by atoms with Crippen LogP contribution in [0.2, 0.25) is 0 Å². The predicted octanol–water partition coefficient (Wildman–Crippen LogP) is 1.05. The Morgan fingerprint density at radius 2 is 2.41 bits per heavy atom. The van der Waals surface area contributed by atoms with Crippen LogP contribution in [0.1, 0.15) is 28.8 Å². The van der Waals surface area contributed by atoms with E-state index in [9.17, 15) is 4.79 Å². The van der Waals surface area contributed by atoms with Crippen LogP contribution in [0.15, 0.2) is 10.5 Å². The van der Waals surface area contributed by atoms with Crippen LogP contribution < -0.4 is 11.3 Å². The summed E-state index contributed by atoms with van der Waals surface area (Å²) in [6.07, 6.45) is 0. The highest BCUT2D eigenvalue weighted by molar-refractivity contribution is 7.98. The van der Waals surface area contributed by atoms with E-state index in [-0.39, 0.29) is 18.4 Å². The molecule has 1 aromatic rings.